The van der Waals surface area contributed by atoms with Gasteiger partial charge in [0, 0.05) is 54.3 Å². The zero-order valence-corrected chi connectivity index (χ0v) is 18.6. The number of nitrogens with one attached hydrogen (secondary N) is 1. The van der Waals surface area contributed by atoms with Gasteiger partial charge in [-0.15, -0.1) is 0 Å². The minimum Gasteiger partial charge on any atom is -0.482 e. The van der Waals surface area contributed by atoms with Crippen LogP contribution >= 0.6 is 0 Å². The first-order valence-corrected chi connectivity index (χ1v) is 10.2. The van der Waals surface area contributed by atoms with E-state index in [2.05, 4.69) is 21.9 Å². The zero-order valence-electron chi connectivity index (χ0n) is 18.6. The maximum Gasteiger partial charge on any atom is 0.271 e. The molecule has 168 valence electrons. The number of hydrogen-bond acceptors (Lipinski definition) is 6. The summed E-state index contributed by atoms with van der Waals surface area (Å²) in [6.45, 7) is 8.37. The van der Waals surface area contributed by atoms with Crippen molar-refractivity contribution in [1.82, 2.24) is 9.97 Å². The normalized spacial score (nSPS) is 12.1. The van der Waals surface area contributed by atoms with Gasteiger partial charge >= 0.3 is 0 Å². The van der Waals surface area contributed by atoms with Crippen molar-refractivity contribution in [2.24, 2.45) is 0 Å². The summed E-state index contributed by atoms with van der Waals surface area (Å²) in [6.07, 6.45) is 6.49. The van der Waals surface area contributed by atoms with Crippen LogP contribution in [0.3, 0.4) is 0 Å². The number of ether oxygens (including phenoxy) is 1. The third-order valence-corrected chi connectivity index (χ3v) is 4.74. The molecule has 1 aliphatic rings. The van der Waals surface area contributed by atoms with Crippen molar-refractivity contribution in [2.45, 2.75) is 39.5 Å². The molecule has 2 aromatic heterocycles. The summed E-state index contributed by atoms with van der Waals surface area (Å²) in [5.74, 6) is -1.68. The highest BCUT2D eigenvalue weighted by Crippen LogP contribution is 2.38. The lowest BCUT2D eigenvalue weighted by molar-refractivity contribution is 0.0180. The van der Waals surface area contributed by atoms with Crippen LogP contribution in [0.15, 0.2) is 54.3 Å². The van der Waals surface area contributed by atoms with Crippen molar-refractivity contribution in [2.75, 3.05) is 18.2 Å². The van der Waals surface area contributed by atoms with E-state index in [-0.39, 0.29) is 5.56 Å². The van der Waals surface area contributed by atoms with Crippen molar-refractivity contribution < 1.29 is 13.5 Å². The predicted molar refractivity (Wildman–Crippen MR) is 124 cm³/mol. The number of fused-ring (bicyclic) bond motifs is 1. The first-order valence-electron chi connectivity index (χ1n) is 10.2. The first kappa shape index (κ1) is 24.5. The van der Waals surface area contributed by atoms with Crippen LogP contribution in [-0.2, 0) is 10.7 Å². The molecule has 0 saturated heterocycles. The molecule has 6 nitrogen and oxygen atoms in total. The molecule has 2 heterocycles. The van der Waals surface area contributed by atoms with Gasteiger partial charge < -0.3 is 15.8 Å². The smallest absolute Gasteiger partial charge is 0.271 e. The molecular weight excluding hydrogens is 412 g/mol. The number of benzene rings is 1. The monoisotopic (exact) mass is 439 g/mol. The molecule has 0 unspecified atom stereocenters. The first-order chi connectivity index (χ1) is 15.4. The number of allylic oxidation sites excluding steroid dienone is 1. The minimum absolute atomic E-state index is 0.0891. The van der Waals surface area contributed by atoms with Crippen LogP contribution in [0.25, 0.3) is 21.9 Å². The van der Waals surface area contributed by atoms with E-state index in [9.17, 15) is 8.78 Å². The van der Waals surface area contributed by atoms with E-state index in [0.29, 0.717) is 28.5 Å². The van der Waals surface area contributed by atoms with Crippen LogP contribution in [0.5, 0.6) is 0 Å². The molecule has 3 aromatic rings. The number of methoxy groups -OCH3 is 1. The third-order valence-electron chi connectivity index (χ3n) is 4.74. The summed E-state index contributed by atoms with van der Waals surface area (Å²) in [4.78, 5) is 8.41. The highest BCUT2D eigenvalue weighted by Gasteiger charge is 2.28. The van der Waals surface area contributed by atoms with Crippen molar-refractivity contribution >= 4 is 22.3 Å². The molecule has 0 spiro atoms. The Morgan fingerprint density at radius 3 is 2.47 bits per heavy atom. The lowest BCUT2D eigenvalue weighted by Crippen LogP contribution is -2.09. The fourth-order valence-corrected chi connectivity index (χ4v) is 3.21. The molecule has 0 amide bonds. The average molecular weight is 440 g/mol. The minimum atomic E-state index is -2.99. The van der Waals surface area contributed by atoms with Gasteiger partial charge in [0.25, 0.3) is 5.92 Å². The summed E-state index contributed by atoms with van der Waals surface area (Å²) in [6, 6.07) is 6.66. The molecule has 3 N–H and O–H groups in total. The van der Waals surface area contributed by atoms with Crippen LogP contribution in [0.1, 0.15) is 39.2 Å². The van der Waals surface area contributed by atoms with Crippen LogP contribution in [0.2, 0.25) is 0 Å². The quantitative estimate of drug-likeness (QED) is 0.362. The maximum atomic E-state index is 14.0. The van der Waals surface area contributed by atoms with Crippen LogP contribution in [0, 0.1) is 11.8 Å². The highest BCUT2D eigenvalue weighted by molar-refractivity contribution is 5.97. The second kappa shape index (κ2) is 10.5. The Balaban J connectivity index is 0.000000860. The standard InChI is InChI=1S/C21H20F2N4O.C2H6.CHN/c1-21(22,23)17-5-6-25-10-15(17)13-7-14-9-19(26-11-16(14)18(24)8-13)27-20(28-2)12-3-4-12;2*1-2/h5-11H,3-4,24H2,1-2H3,(H,26,27);1-2H3;1H. The molecule has 8 heteroatoms. The number of hydrogen-bond donors (Lipinski definition) is 2. The molecule has 4 rings (SSSR count). The van der Waals surface area contributed by atoms with Gasteiger partial charge in [0.15, 0.2) is 5.88 Å². The zero-order chi connectivity index (χ0) is 23.9. The third kappa shape index (κ3) is 5.49. The van der Waals surface area contributed by atoms with E-state index in [1.807, 2.05) is 26.0 Å². The number of nitriles is 1. The van der Waals surface area contributed by atoms with Crippen LogP contribution in [0.4, 0.5) is 20.3 Å². The second-order valence-corrected chi connectivity index (χ2v) is 6.93. The van der Waals surface area contributed by atoms with Gasteiger partial charge in [-0.25, -0.2) is 19.0 Å². The van der Waals surface area contributed by atoms with Crippen molar-refractivity contribution in [3.8, 4) is 17.7 Å². The van der Waals surface area contributed by atoms with Crippen molar-refractivity contribution in [3.05, 3.63) is 59.9 Å². The molecule has 32 heavy (non-hydrogen) atoms. The van der Waals surface area contributed by atoms with Gasteiger partial charge in [-0.2, -0.15) is 0 Å². The van der Waals surface area contributed by atoms with Gasteiger partial charge in [-0.1, -0.05) is 13.8 Å². The molecule has 1 aliphatic carbocycles. The average Bonchev–Trinajstić information content (AvgIpc) is 3.65. The largest absolute Gasteiger partial charge is 0.482 e. The number of pyridine rings is 2. The number of halogens is 2. The Morgan fingerprint density at radius 2 is 1.88 bits per heavy atom. The second-order valence-electron chi connectivity index (χ2n) is 6.93. The van der Waals surface area contributed by atoms with Gasteiger partial charge in [0.2, 0.25) is 0 Å². The molecule has 0 radical (unpaired) electrons. The Kier molecular flexibility index (Phi) is 8.08. The maximum absolute atomic E-state index is 14.0. The van der Waals surface area contributed by atoms with E-state index in [0.717, 1.165) is 30.5 Å². The van der Waals surface area contributed by atoms with Crippen LogP contribution in [-0.4, -0.2) is 17.1 Å². The van der Waals surface area contributed by atoms with Gasteiger partial charge in [0.05, 0.1) is 7.11 Å². The number of rotatable bonds is 5. The molecule has 0 atom stereocenters. The van der Waals surface area contributed by atoms with Crippen molar-refractivity contribution in [1.29, 1.82) is 5.26 Å². The Morgan fingerprint density at radius 1 is 1.19 bits per heavy atom. The fraction of sp³-hybridized carbons (Fsp3) is 0.292. The highest BCUT2D eigenvalue weighted by atomic mass is 19.3. The van der Waals surface area contributed by atoms with E-state index >= 15 is 0 Å². The molecular formula is C24H27F2N5O. The summed E-state index contributed by atoms with van der Waals surface area (Å²) in [7, 11) is 1.61. The number of aromatic nitrogens is 2. The number of nitrogens with zero attached hydrogens (tertiary/aromatic N) is 3. The molecule has 1 fully saturated rings. The topological polar surface area (TPSA) is 96.8 Å². The number of nitrogen functional groups attached to an aromatic ring is 1. The van der Waals surface area contributed by atoms with Crippen molar-refractivity contribution in [3.63, 3.8) is 0 Å². The van der Waals surface area contributed by atoms with Gasteiger partial charge in [0.1, 0.15) is 5.82 Å². The number of anilines is 2. The molecule has 0 bridgehead atoms. The Hall–Kier alpha value is -3.73. The van der Waals surface area contributed by atoms with E-state index < -0.39 is 5.92 Å². The lowest BCUT2D eigenvalue weighted by Gasteiger charge is -2.16. The Bertz CT molecular complexity index is 1130. The fourth-order valence-electron chi connectivity index (χ4n) is 3.21. The van der Waals surface area contributed by atoms with Gasteiger partial charge in [-0.05, 0) is 53.6 Å². The molecule has 0 aliphatic heterocycles. The van der Waals surface area contributed by atoms with Crippen LogP contribution < -0.4 is 11.1 Å². The predicted octanol–water partition coefficient (Wildman–Crippen LogP) is 6.22. The molecule has 1 saturated carbocycles. The van der Waals surface area contributed by atoms with E-state index in [1.54, 1.807) is 19.4 Å². The number of nitrogens with two attached hydrogens (primary N) is 1. The van der Waals surface area contributed by atoms with E-state index in [1.165, 1.54) is 24.0 Å². The summed E-state index contributed by atoms with van der Waals surface area (Å²) in [5, 5.41) is 11.2. The summed E-state index contributed by atoms with van der Waals surface area (Å²) in [5.41, 5.74) is 8.71. The summed E-state index contributed by atoms with van der Waals surface area (Å²) >= 11 is 0. The van der Waals surface area contributed by atoms with E-state index in [4.69, 9.17) is 15.7 Å². The summed E-state index contributed by atoms with van der Waals surface area (Å²) < 4.78 is 33.5. The van der Waals surface area contributed by atoms with Gasteiger partial charge in [-0.3, -0.25) is 4.98 Å². The lowest BCUT2D eigenvalue weighted by atomic mass is 9.96. The molecule has 1 aromatic carbocycles. The SMILES string of the molecule is C#N.CC.COC(Nc1cc2cc(-c3cnccc3C(C)(F)F)cc(N)c2cn1)=C1CC1. The Labute approximate surface area is 186 Å². The number of alkyl halides is 2.